The van der Waals surface area contributed by atoms with Crippen molar-refractivity contribution in [2.45, 2.75) is 13.3 Å². The van der Waals surface area contributed by atoms with E-state index in [0.717, 1.165) is 11.4 Å². The van der Waals surface area contributed by atoms with Crippen molar-refractivity contribution in [3.8, 4) is 0 Å². The molecule has 0 unspecified atom stereocenters. The second-order valence-electron chi connectivity index (χ2n) is 3.36. The highest BCUT2D eigenvalue weighted by atomic mass is 16.2. The van der Waals surface area contributed by atoms with Gasteiger partial charge in [-0.2, -0.15) is 0 Å². The SMILES string of the molecule is Cc1ncccc1N1CCC(=O)NC1=O. The standard InChI is InChI=1S/C10H11N3O2/c1-7-8(3-2-5-11-7)13-6-4-9(14)12-10(13)15/h2-3,5H,4,6H2,1H3,(H,12,14,15). The minimum Gasteiger partial charge on any atom is -0.292 e. The van der Waals surface area contributed by atoms with Crippen LogP contribution in [0.3, 0.4) is 0 Å². The van der Waals surface area contributed by atoms with Crippen LogP contribution in [0, 0.1) is 6.92 Å². The zero-order valence-corrected chi connectivity index (χ0v) is 8.36. The van der Waals surface area contributed by atoms with E-state index in [1.54, 1.807) is 12.3 Å². The molecule has 3 amide bonds. The maximum absolute atomic E-state index is 11.5. The summed E-state index contributed by atoms with van der Waals surface area (Å²) in [5, 5.41) is 2.28. The lowest BCUT2D eigenvalue weighted by atomic mass is 10.2. The molecular formula is C10H11N3O2. The second kappa shape index (κ2) is 3.68. The summed E-state index contributed by atoms with van der Waals surface area (Å²) in [6.45, 7) is 2.25. The number of carbonyl (C=O) groups excluding carboxylic acids is 2. The second-order valence-corrected chi connectivity index (χ2v) is 3.36. The van der Waals surface area contributed by atoms with Gasteiger partial charge < -0.3 is 0 Å². The Kier molecular flexibility index (Phi) is 2.37. The number of nitrogens with one attached hydrogen (secondary N) is 1. The number of hydrogen-bond acceptors (Lipinski definition) is 3. The summed E-state index contributed by atoms with van der Waals surface area (Å²) < 4.78 is 0. The summed E-state index contributed by atoms with van der Waals surface area (Å²) in [6, 6.07) is 3.21. The third-order valence-corrected chi connectivity index (χ3v) is 2.32. The van der Waals surface area contributed by atoms with Crippen molar-refractivity contribution < 1.29 is 9.59 Å². The van der Waals surface area contributed by atoms with E-state index in [2.05, 4.69) is 10.3 Å². The van der Waals surface area contributed by atoms with Crippen molar-refractivity contribution in [2.75, 3.05) is 11.4 Å². The van der Waals surface area contributed by atoms with Crippen LogP contribution in [-0.4, -0.2) is 23.5 Å². The third kappa shape index (κ3) is 1.81. The van der Waals surface area contributed by atoms with Crippen molar-refractivity contribution >= 4 is 17.6 Å². The molecule has 1 saturated heterocycles. The molecule has 1 aliphatic rings. The van der Waals surface area contributed by atoms with Crippen LogP contribution in [0.1, 0.15) is 12.1 Å². The molecule has 0 saturated carbocycles. The van der Waals surface area contributed by atoms with Gasteiger partial charge in [0.2, 0.25) is 5.91 Å². The Morgan fingerprint density at radius 1 is 1.47 bits per heavy atom. The summed E-state index contributed by atoms with van der Waals surface area (Å²) in [5.74, 6) is -0.224. The van der Waals surface area contributed by atoms with Gasteiger partial charge >= 0.3 is 6.03 Å². The minimum atomic E-state index is -0.373. The van der Waals surface area contributed by atoms with E-state index >= 15 is 0 Å². The van der Waals surface area contributed by atoms with Crippen LogP contribution < -0.4 is 10.2 Å². The molecule has 5 heteroatoms. The Hall–Kier alpha value is -1.91. The lowest BCUT2D eigenvalue weighted by Gasteiger charge is -2.27. The minimum absolute atomic E-state index is 0.224. The number of pyridine rings is 1. The highest BCUT2D eigenvalue weighted by Gasteiger charge is 2.25. The molecular weight excluding hydrogens is 194 g/mol. The number of urea groups is 1. The molecule has 0 aliphatic carbocycles. The van der Waals surface area contributed by atoms with Gasteiger partial charge in [-0.05, 0) is 19.1 Å². The monoisotopic (exact) mass is 205 g/mol. The van der Waals surface area contributed by atoms with E-state index in [9.17, 15) is 9.59 Å². The van der Waals surface area contributed by atoms with Gasteiger partial charge in [-0.25, -0.2) is 4.79 Å². The van der Waals surface area contributed by atoms with Gasteiger partial charge in [-0.15, -0.1) is 0 Å². The van der Waals surface area contributed by atoms with Gasteiger partial charge in [-0.3, -0.25) is 20.0 Å². The van der Waals surface area contributed by atoms with Gasteiger partial charge in [-0.1, -0.05) is 0 Å². The number of rotatable bonds is 1. The maximum Gasteiger partial charge on any atom is 0.328 e. The number of amides is 3. The third-order valence-electron chi connectivity index (χ3n) is 2.32. The van der Waals surface area contributed by atoms with E-state index in [1.165, 1.54) is 4.90 Å². The first-order valence-corrected chi connectivity index (χ1v) is 4.71. The summed E-state index contributed by atoms with van der Waals surface area (Å²) in [7, 11) is 0. The number of hydrogen-bond donors (Lipinski definition) is 1. The van der Waals surface area contributed by atoms with Crippen LogP contribution in [0.4, 0.5) is 10.5 Å². The van der Waals surface area contributed by atoms with Crippen LogP contribution in [0.5, 0.6) is 0 Å². The fourth-order valence-corrected chi connectivity index (χ4v) is 1.56. The molecule has 0 aromatic carbocycles. The molecule has 0 bridgehead atoms. The molecule has 1 N–H and O–H groups in total. The number of carbonyl (C=O) groups is 2. The molecule has 2 rings (SSSR count). The van der Waals surface area contributed by atoms with Gasteiger partial charge in [0, 0.05) is 19.2 Å². The zero-order chi connectivity index (χ0) is 10.8. The predicted octanol–water partition coefficient (Wildman–Crippen LogP) is 0.836. The predicted molar refractivity (Wildman–Crippen MR) is 54.5 cm³/mol. The zero-order valence-electron chi connectivity index (χ0n) is 8.36. The van der Waals surface area contributed by atoms with E-state index in [0.29, 0.717) is 13.0 Å². The fraction of sp³-hybridized carbons (Fsp3) is 0.300. The maximum atomic E-state index is 11.5. The molecule has 0 atom stereocenters. The molecule has 1 aromatic heterocycles. The Balaban J connectivity index is 2.28. The largest absolute Gasteiger partial charge is 0.328 e. The molecule has 1 aromatic rings. The average Bonchev–Trinajstić information content (AvgIpc) is 2.20. The lowest BCUT2D eigenvalue weighted by Crippen LogP contribution is -2.49. The Morgan fingerprint density at radius 3 is 2.93 bits per heavy atom. The van der Waals surface area contributed by atoms with Gasteiger partial charge in [0.05, 0.1) is 11.4 Å². The Labute approximate surface area is 87.1 Å². The van der Waals surface area contributed by atoms with E-state index in [1.807, 2.05) is 13.0 Å². The molecule has 15 heavy (non-hydrogen) atoms. The average molecular weight is 205 g/mol. The molecule has 78 valence electrons. The van der Waals surface area contributed by atoms with Crippen LogP contribution >= 0.6 is 0 Å². The van der Waals surface area contributed by atoms with Crippen molar-refractivity contribution in [3.05, 3.63) is 24.0 Å². The van der Waals surface area contributed by atoms with Crippen LogP contribution in [0.25, 0.3) is 0 Å². The highest BCUT2D eigenvalue weighted by Crippen LogP contribution is 2.19. The van der Waals surface area contributed by atoms with Gasteiger partial charge in [0.15, 0.2) is 0 Å². The number of nitrogens with zero attached hydrogens (tertiary/aromatic N) is 2. The van der Waals surface area contributed by atoms with Crippen molar-refractivity contribution in [1.29, 1.82) is 0 Å². The Morgan fingerprint density at radius 2 is 2.27 bits per heavy atom. The van der Waals surface area contributed by atoms with Crippen LogP contribution in [0.15, 0.2) is 18.3 Å². The summed E-state index contributed by atoms with van der Waals surface area (Å²) >= 11 is 0. The Bertz CT molecular complexity index is 417. The smallest absolute Gasteiger partial charge is 0.292 e. The van der Waals surface area contributed by atoms with Gasteiger partial charge in [0.1, 0.15) is 0 Å². The number of imide groups is 1. The first-order chi connectivity index (χ1) is 7.18. The van der Waals surface area contributed by atoms with Gasteiger partial charge in [0.25, 0.3) is 0 Å². The lowest BCUT2D eigenvalue weighted by molar-refractivity contribution is -0.120. The summed E-state index contributed by atoms with van der Waals surface area (Å²) in [5.41, 5.74) is 1.53. The van der Waals surface area contributed by atoms with Crippen molar-refractivity contribution in [1.82, 2.24) is 10.3 Å². The van der Waals surface area contributed by atoms with Crippen LogP contribution in [-0.2, 0) is 4.79 Å². The summed E-state index contributed by atoms with van der Waals surface area (Å²) in [6.07, 6.45) is 2.01. The topological polar surface area (TPSA) is 62.3 Å². The van der Waals surface area contributed by atoms with Crippen molar-refractivity contribution in [3.63, 3.8) is 0 Å². The van der Waals surface area contributed by atoms with E-state index in [4.69, 9.17) is 0 Å². The molecule has 0 spiro atoms. The van der Waals surface area contributed by atoms with Crippen LogP contribution in [0.2, 0.25) is 0 Å². The van der Waals surface area contributed by atoms with Crippen molar-refractivity contribution in [2.24, 2.45) is 0 Å². The quantitative estimate of drug-likeness (QED) is 0.738. The molecule has 1 aliphatic heterocycles. The normalized spacial score (nSPS) is 16.5. The molecule has 1 fully saturated rings. The number of aromatic nitrogens is 1. The molecule has 5 nitrogen and oxygen atoms in total. The fourth-order valence-electron chi connectivity index (χ4n) is 1.56. The summed E-state index contributed by atoms with van der Waals surface area (Å²) in [4.78, 5) is 28.1. The van der Waals surface area contributed by atoms with E-state index < -0.39 is 0 Å². The molecule has 0 radical (unpaired) electrons. The molecule has 2 heterocycles. The highest BCUT2D eigenvalue weighted by molar-refractivity contribution is 6.05. The number of aryl methyl sites for hydroxylation is 1. The first-order valence-electron chi connectivity index (χ1n) is 4.71. The van der Waals surface area contributed by atoms with E-state index in [-0.39, 0.29) is 11.9 Å². The number of anilines is 1. The first kappa shape index (κ1) is 9.64.